The summed E-state index contributed by atoms with van der Waals surface area (Å²) in [6.45, 7) is 0. The third-order valence-electron chi connectivity index (χ3n) is 0. The topological polar surface area (TPSA) is 604 Å². The molecule has 0 heterocycles. The maximum Gasteiger partial charge on any atom is 4.00 e. The first-order valence-electron chi connectivity index (χ1n) is 5.11. The van der Waals surface area contributed by atoms with Crippen LogP contribution in [-0.4, -0.2) is 0 Å². The summed E-state index contributed by atoms with van der Waals surface area (Å²) in [6, 6.07) is 0. The predicted molar refractivity (Wildman–Crippen MR) is 53.2 cm³/mol. The van der Waals surface area contributed by atoms with Crippen molar-refractivity contribution in [3.05, 3.63) is 0 Å². The van der Waals surface area contributed by atoms with Crippen molar-refractivity contribution in [3.8, 4) is 0 Å². The molecule has 0 amide bonds. The number of hydrogen-bond acceptors (Lipinski definition) is 28. The van der Waals surface area contributed by atoms with E-state index in [1.54, 1.807) is 0 Å². The fourth-order valence-corrected chi connectivity index (χ4v) is 0. The first kappa shape index (κ1) is 85.3. The largest absolute Gasteiger partial charge is 4.00 e. The maximum absolute atomic E-state index is 8.55. The molecule has 0 spiro atoms. The summed E-state index contributed by atoms with van der Waals surface area (Å²) in [6.07, 6.45) is 0. The van der Waals surface area contributed by atoms with Gasteiger partial charge in [0, 0.05) is 0 Å². The van der Waals surface area contributed by atoms with Crippen LogP contribution < -0.4 is 103 Å². The van der Waals surface area contributed by atoms with Crippen LogP contribution in [0.4, 0.5) is 0 Å². The third-order valence-corrected chi connectivity index (χ3v) is 0. The van der Waals surface area contributed by atoms with E-state index in [2.05, 4.69) is 0 Å². The summed E-state index contributed by atoms with van der Waals surface area (Å²) in [5, 5.41) is 0. The van der Waals surface area contributed by atoms with Crippen LogP contribution in [0, 0.1) is 0 Å². The average Bonchev–Trinajstić information content (AvgIpc) is 2.06. The molecule has 0 aromatic heterocycles. The molecule has 0 aliphatic rings. The molecular formula is Fe3O28P7Ti3. The average molecular weight is 976 g/mol. The quantitative estimate of drug-likeness (QED) is 0.161. The fourth-order valence-electron chi connectivity index (χ4n) is 0. The van der Waals surface area contributed by atoms with Gasteiger partial charge in [-0.1, -0.05) is 0 Å². The van der Waals surface area contributed by atoms with Crippen LogP contribution in [0.25, 0.3) is 0 Å². The first-order valence-corrected chi connectivity index (χ1v) is 15.3. The van der Waals surface area contributed by atoms with Crippen molar-refractivity contribution >= 4 is 54.8 Å². The molecule has 0 bridgehead atoms. The molecule has 0 aromatic rings. The van der Waals surface area contributed by atoms with Gasteiger partial charge in [-0.05, 0) is 0 Å². The van der Waals surface area contributed by atoms with Gasteiger partial charge in [0.25, 0.3) is 0 Å². The monoisotopic (exact) mass is 976 g/mol. The van der Waals surface area contributed by atoms with Crippen LogP contribution in [0.2, 0.25) is 0 Å². The standard InChI is InChI=1S/3Fe.7H3O4P.3Ti/c;;;7*1-5(2,3)4;;;/h;;;7*(H3,1,2,3,4);;;/q3*+3;;;;;;;;3*+4/p-21. The summed E-state index contributed by atoms with van der Waals surface area (Å²) in [7, 11) is -37.7. The minimum atomic E-state index is -5.39. The minimum Gasteiger partial charge on any atom is -0.822 e. The predicted octanol–water partition coefficient (Wildman–Crippen LogP) is -19.8. The Labute approximate surface area is 303 Å². The Morgan fingerprint density at radius 2 is 0.195 bits per heavy atom. The molecule has 28 nitrogen and oxygen atoms in total. The molecule has 3 radical (unpaired) electrons. The van der Waals surface area contributed by atoms with E-state index in [9.17, 15) is 0 Å². The van der Waals surface area contributed by atoms with Crippen LogP contribution in [0.3, 0.4) is 0 Å². The zero-order valence-corrected chi connectivity index (χ0v) is 31.4. The normalized spacial score (nSPS) is 10.1. The van der Waals surface area contributed by atoms with E-state index in [0.29, 0.717) is 0 Å². The molecule has 0 N–H and O–H groups in total. The summed E-state index contributed by atoms with van der Waals surface area (Å²) in [5.41, 5.74) is 0. The fraction of sp³-hybridized carbons (Fsp3) is 0. The van der Waals surface area contributed by atoms with Gasteiger partial charge in [0.15, 0.2) is 0 Å². The van der Waals surface area contributed by atoms with Gasteiger partial charge in [0.05, 0.1) is 0 Å². The van der Waals surface area contributed by atoms with E-state index in [4.69, 9.17) is 135 Å². The van der Waals surface area contributed by atoms with E-state index in [1.165, 1.54) is 0 Å². The molecule has 0 aromatic carbocycles. The van der Waals surface area contributed by atoms with Crippen LogP contribution in [-0.2, 0) is 148 Å². The zero-order chi connectivity index (χ0) is 31.5. The molecule has 0 atom stereocenters. The van der Waals surface area contributed by atoms with Gasteiger partial charge in [-0.3, -0.25) is 0 Å². The summed E-state index contributed by atoms with van der Waals surface area (Å²) in [5.74, 6) is 0. The third kappa shape index (κ3) is 4010. The van der Waals surface area contributed by atoms with Gasteiger partial charge >= 0.3 is 116 Å². The van der Waals surface area contributed by atoms with Crippen LogP contribution in [0.1, 0.15) is 0 Å². The Morgan fingerprint density at radius 1 is 0.195 bits per heavy atom. The van der Waals surface area contributed by atoms with E-state index in [0.717, 1.165) is 0 Å². The van der Waals surface area contributed by atoms with Crippen LogP contribution in [0.15, 0.2) is 0 Å². The summed E-state index contributed by atoms with van der Waals surface area (Å²) >= 11 is 0. The minimum absolute atomic E-state index is 0. The number of rotatable bonds is 0. The van der Waals surface area contributed by atoms with Crippen molar-refractivity contribution in [3.63, 3.8) is 0 Å². The van der Waals surface area contributed by atoms with E-state index < -0.39 is 54.8 Å². The Hall–Kier alpha value is 4.47. The molecule has 0 aliphatic heterocycles. The Kier molecular flexibility index (Phi) is 81.0. The SMILES string of the molecule is O=P([O-])([O-])[O-].O=P([O-])([O-])[O-].O=P([O-])([O-])[O-].O=P([O-])([O-])[O-].O=P([O-])([O-])[O-].O=P([O-])([O-])[O-].O=P([O-])([O-])[O-].[Fe+3].[Fe+3].[Fe+3].[Ti+4].[Ti+4].[Ti+4]. The molecule has 0 saturated heterocycles. The van der Waals surface area contributed by atoms with Crippen molar-refractivity contribution in [2.24, 2.45) is 0 Å². The van der Waals surface area contributed by atoms with Crippen molar-refractivity contribution in [1.82, 2.24) is 0 Å². The second kappa shape index (κ2) is 38.9. The van der Waals surface area contributed by atoms with Gasteiger partial charge in [-0.25, -0.2) is 0 Å². The molecule has 0 fully saturated rings. The van der Waals surface area contributed by atoms with Gasteiger partial charge in [-0.2, -0.15) is 54.8 Å². The summed E-state index contributed by atoms with van der Waals surface area (Å²) in [4.78, 5) is 180. The molecule has 41 heavy (non-hydrogen) atoms. The van der Waals surface area contributed by atoms with Crippen molar-refractivity contribution < 1.29 is 251 Å². The molecule has 0 saturated carbocycles. The number of phosphoric acid groups is 7. The van der Waals surface area contributed by atoms with Gasteiger partial charge in [0.1, 0.15) is 0 Å². The zero-order valence-electron chi connectivity index (χ0n) is 17.1. The first-order chi connectivity index (χ1) is 14.0. The Morgan fingerprint density at radius 3 is 0.195 bits per heavy atom. The van der Waals surface area contributed by atoms with Gasteiger partial charge < -0.3 is 135 Å². The Balaban J connectivity index is -0.0000000198. The molecule has 0 aliphatic carbocycles. The van der Waals surface area contributed by atoms with Crippen LogP contribution in [0.5, 0.6) is 0 Å². The molecule has 0 unspecified atom stereocenters. The van der Waals surface area contributed by atoms with Gasteiger partial charge in [0.2, 0.25) is 0 Å². The van der Waals surface area contributed by atoms with E-state index in [-0.39, 0.29) is 116 Å². The van der Waals surface area contributed by atoms with Gasteiger partial charge in [-0.15, -0.1) is 0 Å². The van der Waals surface area contributed by atoms with Crippen LogP contribution >= 0.6 is 54.8 Å². The molecule has 239 valence electrons. The van der Waals surface area contributed by atoms with E-state index in [1.807, 2.05) is 0 Å². The molecular weight excluding hydrogens is 976 g/mol. The maximum atomic E-state index is 8.55. The summed E-state index contributed by atoms with van der Waals surface area (Å²) < 4.78 is 59.8. The second-order valence-electron chi connectivity index (χ2n) is 3.13. The number of hydrogen-bond donors (Lipinski definition) is 0. The smallest absolute Gasteiger partial charge is 0.822 e. The Bertz CT molecular complexity index is 576. The molecule has 0 rings (SSSR count). The van der Waals surface area contributed by atoms with Crippen molar-refractivity contribution in [2.75, 3.05) is 0 Å². The second-order valence-corrected chi connectivity index (χ2v) is 9.39. The van der Waals surface area contributed by atoms with E-state index >= 15 is 0 Å². The molecule has 41 heteroatoms. The van der Waals surface area contributed by atoms with Crippen molar-refractivity contribution in [2.45, 2.75) is 0 Å². The van der Waals surface area contributed by atoms with Crippen molar-refractivity contribution in [1.29, 1.82) is 0 Å².